The van der Waals surface area contributed by atoms with E-state index in [-0.39, 0.29) is 11.7 Å². The molecule has 2 aliphatic rings. The molecule has 0 atom stereocenters. The van der Waals surface area contributed by atoms with Crippen molar-refractivity contribution in [3.8, 4) is 5.75 Å². The molecular weight excluding hydrogens is 230 g/mol. The van der Waals surface area contributed by atoms with Crippen molar-refractivity contribution in [2.75, 3.05) is 26.2 Å². The lowest BCUT2D eigenvalue weighted by molar-refractivity contribution is 0.0626. The van der Waals surface area contributed by atoms with Crippen LogP contribution in [-0.2, 0) is 0 Å². The number of piperazine rings is 1. The Morgan fingerprint density at radius 3 is 2.56 bits per heavy atom. The first-order valence-corrected chi connectivity index (χ1v) is 6.41. The Labute approximate surface area is 106 Å². The summed E-state index contributed by atoms with van der Waals surface area (Å²) in [5.74, 6) is 0.00585. The van der Waals surface area contributed by atoms with Crippen LogP contribution < -0.4 is 0 Å². The van der Waals surface area contributed by atoms with Crippen LogP contribution in [0.15, 0.2) is 18.5 Å². The monoisotopic (exact) mass is 247 g/mol. The molecule has 1 aromatic rings. The standard InChI is InChI=1S/C13H17N3O2/c17-12-7-10(8-14-9-12)13(18)16-5-3-15(4-6-16)11-1-2-11/h7-9,11,17H,1-6H2. The Kier molecular flexibility index (Phi) is 2.91. The first-order chi connectivity index (χ1) is 8.74. The van der Waals surface area contributed by atoms with Crippen molar-refractivity contribution in [1.29, 1.82) is 0 Å². The SMILES string of the molecule is O=C(c1cncc(O)c1)N1CCN(C2CC2)CC1. The molecular formula is C13H17N3O2. The molecule has 1 N–H and O–H groups in total. The van der Waals surface area contributed by atoms with Gasteiger partial charge in [0.15, 0.2) is 0 Å². The first kappa shape index (κ1) is 11.5. The Morgan fingerprint density at radius 2 is 1.94 bits per heavy atom. The van der Waals surface area contributed by atoms with E-state index in [0.717, 1.165) is 32.2 Å². The van der Waals surface area contributed by atoms with Gasteiger partial charge in [0, 0.05) is 38.4 Å². The average Bonchev–Trinajstić information content (AvgIpc) is 3.22. The molecule has 1 aliphatic carbocycles. The van der Waals surface area contributed by atoms with Gasteiger partial charge in [0.2, 0.25) is 0 Å². The van der Waals surface area contributed by atoms with Gasteiger partial charge >= 0.3 is 0 Å². The Morgan fingerprint density at radius 1 is 1.22 bits per heavy atom. The van der Waals surface area contributed by atoms with Crippen molar-refractivity contribution in [3.63, 3.8) is 0 Å². The molecule has 0 unspecified atom stereocenters. The lowest BCUT2D eigenvalue weighted by atomic mass is 10.2. The fraction of sp³-hybridized carbons (Fsp3) is 0.538. The minimum atomic E-state index is -0.0335. The number of hydrogen-bond acceptors (Lipinski definition) is 4. The zero-order valence-electron chi connectivity index (χ0n) is 10.2. The maximum atomic E-state index is 12.2. The molecule has 5 nitrogen and oxygen atoms in total. The summed E-state index contributed by atoms with van der Waals surface area (Å²) in [6.07, 6.45) is 5.46. The Balaban J connectivity index is 1.63. The van der Waals surface area contributed by atoms with Gasteiger partial charge in [-0.15, -0.1) is 0 Å². The van der Waals surface area contributed by atoms with Crippen LogP contribution in [0.25, 0.3) is 0 Å². The quantitative estimate of drug-likeness (QED) is 0.836. The number of aromatic hydroxyl groups is 1. The zero-order valence-corrected chi connectivity index (χ0v) is 10.2. The van der Waals surface area contributed by atoms with Crippen LogP contribution in [0.4, 0.5) is 0 Å². The van der Waals surface area contributed by atoms with E-state index in [1.54, 1.807) is 0 Å². The second kappa shape index (κ2) is 4.57. The molecule has 1 saturated carbocycles. The third kappa shape index (κ3) is 2.31. The predicted octanol–water partition coefficient (Wildman–Crippen LogP) is 0.707. The number of carbonyl (C=O) groups is 1. The van der Waals surface area contributed by atoms with E-state index in [9.17, 15) is 9.90 Å². The van der Waals surface area contributed by atoms with E-state index in [0.29, 0.717) is 5.56 Å². The van der Waals surface area contributed by atoms with Crippen molar-refractivity contribution in [3.05, 3.63) is 24.0 Å². The fourth-order valence-electron chi connectivity index (χ4n) is 2.46. The molecule has 96 valence electrons. The van der Waals surface area contributed by atoms with E-state index in [1.165, 1.54) is 31.3 Å². The molecule has 0 radical (unpaired) electrons. The molecule has 0 aromatic carbocycles. The van der Waals surface area contributed by atoms with Gasteiger partial charge in [0.1, 0.15) is 5.75 Å². The first-order valence-electron chi connectivity index (χ1n) is 6.41. The van der Waals surface area contributed by atoms with Gasteiger partial charge in [-0.1, -0.05) is 0 Å². The molecule has 1 amide bonds. The summed E-state index contributed by atoms with van der Waals surface area (Å²) in [6.45, 7) is 3.46. The van der Waals surface area contributed by atoms with Crippen LogP contribution in [0.1, 0.15) is 23.2 Å². The lowest BCUT2D eigenvalue weighted by Crippen LogP contribution is -2.49. The number of nitrogens with zero attached hydrogens (tertiary/aromatic N) is 3. The highest BCUT2D eigenvalue weighted by atomic mass is 16.3. The van der Waals surface area contributed by atoms with Gasteiger partial charge < -0.3 is 10.0 Å². The van der Waals surface area contributed by atoms with Gasteiger partial charge in [0.25, 0.3) is 5.91 Å². The topological polar surface area (TPSA) is 56.7 Å². The van der Waals surface area contributed by atoms with Crippen LogP contribution in [0.3, 0.4) is 0 Å². The van der Waals surface area contributed by atoms with Crippen molar-refractivity contribution in [2.24, 2.45) is 0 Å². The summed E-state index contributed by atoms with van der Waals surface area (Å²) in [5.41, 5.74) is 0.467. The van der Waals surface area contributed by atoms with Crippen molar-refractivity contribution >= 4 is 5.91 Å². The summed E-state index contributed by atoms with van der Waals surface area (Å²) < 4.78 is 0. The van der Waals surface area contributed by atoms with E-state index in [4.69, 9.17) is 0 Å². The van der Waals surface area contributed by atoms with Crippen LogP contribution in [0, 0.1) is 0 Å². The molecule has 2 fully saturated rings. The molecule has 2 heterocycles. The normalized spacial score (nSPS) is 21.0. The summed E-state index contributed by atoms with van der Waals surface area (Å²) in [4.78, 5) is 20.4. The number of aromatic nitrogens is 1. The van der Waals surface area contributed by atoms with Gasteiger partial charge in [-0.3, -0.25) is 14.7 Å². The minimum Gasteiger partial charge on any atom is -0.506 e. The van der Waals surface area contributed by atoms with E-state index < -0.39 is 0 Å². The number of carbonyl (C=O) groups excluding carboxylic acids is 1. The molecule has 1 aliphatic heterocycles. The molecule has 0 bridgehead atoms. The van der Waals surface area contributed by atoms with Crippen LogP contribution in [0.2, 0.25) is 0 Å². The highest BCUT2D eigenvalue weighted by molar-refractivity contribution is 5.94. The van der Waals surface area contributed by atoms with Gasteiger partial charge in [-0.25, -0.2) is 0 Å². The van der Waals surface area contributed by atoms with E-state index in [1.807, 2.05) is 4.90 Å². The van der Waals surface area contributed by atoms with Crippen LogP contribution >= 0.6 is 0 Å². The number of rotatable bonds is 2. The summed E-state index contributed by atoms with van der Waals surface area (Å²) in [5, 5.41) is 9.34. The Bertz CT molecular complexity index is 451. The highest BCUT2D eigenvalue weighted by Gasteiger charge is 2.32. The maximum absolute atomic E-state index is 12.2. The zero-order chi connectivity index (χ0) is 12.5. The summed E-state index contributed by atoms with van der Waals surface area (Å²) >= 11 is 0. The maximum Gasteiger partial charge on any atom is 0.255 e. The lowest BCUT2D eigenvalue weighted by Gasteiger charge is -2.34. The third-order valence-electron chi connectivity index (χ3n) is 3.64. The smallest absolute Gasteiger partial charge is 0.255 e. The van der Waals surface area contributed by atoms with Gasteiger partial charge in [0.05, 0.1) is 11.8 Å². The number of amides is 1. The van der Waals surface area contributed by atoms with Gasteiger partial charge in [-0.2, -0.15) is 0 Å². The van der Waals surface area contributed by atoms with E-state index >= 15 is 0 Å². The minimum absolute atomic E-state index is 0.0335. The van der Waals surface area contributed by atoms with Crippen molar-refractivity contribution < 1.29 is 9.90 Å². The highest BCUT2D eigenvalue weighted by Crippen LogP contribution is 2.27. The summed E-state index contributed by atoms with van der Waals surface area (Å²) in [7, 11) is 0. The second-order valence-electron chi connectivity index (χ2n) is 4.99. The van der Waals surface area contributed by atoms with E-state index in [2.05, 4.69) is 9.88 Å². The average molecular weight is 247 g/mol. The second-order valence-corrected chi connectivity index (χ2v) is 4.99. The predicted molar refractivity (Wildman–Crippen MR) is 66.4 cm³/mol. The van der Waals surface area contributed by atoms with Gasteiger partial charge in [-0.05, 0) is 18.9 Å². The third-order valence-corrected chi connectivity index (χ3v) is 3.64. The van der Waals surface area contributed by atoms with Crippen LogP contribution in [-0.4, -0.2) is 58.0 Å². The fourth-order valence-corrected chi connectivity index (χ4v) is 2.46. The van der Waals surface area contributed by atoms with Crippen molar-refractivity contribution in [2.45, 2.75) is 18.9 Å². The van der Waals surface area contributed by atoms with Crippen molar-refractivity contribution in [1.82, 2.24) is 14.8 Å². The number of hydrogen-bond donors (Lipinski definition) is 1. The Hall–Kier alpha value is -1.62. The molecule has 5 heteroatoms. The number of pyridine rings is 1. The molecule has 1 saturated heterocycles. The molecule has 1 aromatic heterocycles. The molecule has 3 rings (SSSR count). The van der Waals surface area contributed by atoms with Crippen LogP contribution in [0.5, 0.6) is 5.75 Å². The largest absolute Gasteiger partial charge is 0.506 e. The summed E-state index contributed by atoms with van der Waals surface area (Å²) in [6, 6.07) is 2.24. The molecule has 0 spiro atoms. The molecule has 18 heavy (non-hydrogen) atoms.